The normalized spacial score (nSPS) is 12.8. The summed E-state index contributed by atoms with van der Waals surface area (Å²) in [6.07, 6.45) is 0. The molecule has 1 aliphatic heterocycles. The highest BCUT2D eigenvalue weighted by Crippen LogP contribution is 2.37. The average molecular weight is 361 g/mol. The van der Waals surface area contributed by atoms with Gasteiger partial charge in [-0.05, 0) is 23.6 Å². The first-order chi connectivity index (χ1) is 12.0. The number of rotatable bonds is 5. The number of hydrogen-bond donors (Lipinski definition) is 2. The number of amides is 1. The Balaban J connectivity index is 1.59. The van der Waals surface area contributed by atoms with Crippen LogP contribution in [0.5, 0.6) is 11.5 Å². The highest BCUT2D eigenvalue weighted by Gasteiger charge is 2.16. The van der Waals surface area contributed by atoms with Crippen molar-refractivity contribution >= 4 is 28.9 Å². The predicted octanol–water partition coefficient (Wildman–Crippen LogP) is 4.29. The van der Waals surface area contributed by atoms with Gasteiger partial charge in [-0.15, -0.1) is 0 Å². The van der Waals surface area contributed by atoms with Gasteiger partial charge in [0.25, 0.3) is 0 Å². The SMILES string of the molecule is CC(C)c1ccc(NCC(=O)Nc2cc3c(cc2Cl)OCCO3)cc1. The van der Waals surface area contributed by atoms with Crippen LogP contribution in [0.1, 0.15) is 25.3 Å². The third-order valence-corrected chi connectivity index (χ3v) is 4.25. The lowest BCUT2D eigenvalue weighted by Crippen LogP contribution is -2.22. The van der Waals surface area contributed by atoms with E-state index in [0.29, 0.717) is 41.3 Å². The minimum absolute atomic E-state index is 0.145. The van der Waals surface area contributed by atoms with E-state index in [-0.39, 0.29) is 12.5 Å². The Morgan fingerprint density at radius 3 is 2.40 bits per heavy atom. The third-order valence-electron chi connectivity index (χ3n) is 3.94. The molecule has 0 spiro atoms. The zero-order chi connectivity index (χ0) is 17.8. The van der Waals surface area contributed by atoms with Gasteiger partial charge in [-0.25, -0.2) is 0 Å². The van der Waals surface area contributed by atoms with Crippen molar-refractivity contribution < 1.29 is 14.3 Å². The van der Waals surface area contributed by atoms with Crippen LogP contribution in [-0.2, 0) is 4.79 Å². The van der Waals surface area contributed by atoms with E-state index in [1.165, 1.54) is 5.56 Å². The molecule has 0 aromatic heterocycles. The van der Waals surface area contributed by atoms with Gasteiger partial charge in [-0.2, -0.15) is 0 Å². The van der Waals surface area contributed by atoms with Crippen molar-refractivity contribution in [2.75, 3.05) is 30.4 Å². The Kier molecular flexibility index (Phi) is 5.34. The molecular formula is C19H21ClN2O3. The van der Waals surface area contributed by atoms with Gasteiger partial charge in [0.2, 0.25) is 5.91 Å². The van der Waals surface area contributed by atoms with E-state index >= 15 is 0 Å². The lowest BCUT2D eigenvalue weighted by atomic mass is 10.0. The highest BCUT2D eigenvalue weighted by molar-refractivity contribution is 6.34. The Bertz CT molecular complexity index is 760. The van der Waals surface area contributed by atoms with Gasteiger partial charge in [-0.1, -0.05) is 37.6 Å². The van der Waals surface area contributed by atoms with Crippen LogP contribution < -0.4 is 20.1 Å². The summed E-state index contributed by atoms with van der Waals surface area (Å²) in [7, 11) is 0. The van der Waals surface area contributed by atoms with E-state index in [1.54, 1.807) is 12.1 Å². The fourth-order valence-corrected chi connectivity index (χ4v) is 2.72. The predicted molar refractivity (Wildman–Crippen MR) is 100 cm³/mol. The number of hydrogen-bond acceptors (Lipinski definition) is 4. The summed E-state index contributed by atoms with van der Waals surface area (Å²) >= 11 is 6.20. The molecule has 0 atom stereocenters. The lowest BCUT2D eigenvalue weighted by molar-refractivity contribution is -0.114. The number of fused-ring (bicyclic) bond motifs is 1. The lowest BCUT2D eigenvalue weighted by Gasteiger charge is -2.20. The van der Waals surface area contributed by atoms with Gasteiger partial charge in [0.05, 0.1) is 17.3 Å². The molecule has 1 amide bonds. The van der Waals surface area contributed by atoms with Crippen LogP contribution in [0.3, 0.4) is 0 Å². The van der Waals surface area contributed by atoms with Gasteiger partial charge in [0, 0.05) is 17.8 Å². The van der Waals surface area contributed by atoms with Crippen LogP contribution in [0.25, 0.3) is 0 Å². The number of carbonyl (C=O) groups is 1. The first-order valence-electron chi connectivity index (χ1n) is 8.26. The average Bonchev–Trinajstić information content (AvgIpc) is 2.61. The van der Waals surface area contributed by atoms with E-state index in [9.17, 15) is 4.79 Å². The van der Waals surface area contributed by atoms with Crippen molar-refractivity contribution in [2.24, 2.45) is 0 Å². The van der Waals surface area contributed by atoms with Crippen LogP contribution in [0.15, 0.2) is 36.4 Å². The molecule has 0 unspecified atom stereocenters. The zero-order valence-electron chi connectivity index (χ0n) is 14.3. The van der Waals surface area contributed by atoms with Crippen LogP contribution >= 0.6 is 11.6 Å². The molecule has 0 bridgehead atoms. The molecule has 25 heavy (non-hydrogen) atoms. The summed E-state index contributed by atoms with van der Waals surface area (Å²) in [5.41, 5.74) is 2.67. The maximum absolute atomic E-state index is 12.2. The molecule has 132 valence electrons. The van der Waals surface area contributed by atoms with Crippen LogP contribution in [-0.4, -0.2) is 25.7 Å². The van der Waals surface area contributed by atoms with Gasteiger partial charge >= 0.3 is 0 Å². The van der Waals surface area contributed by atoms with Crippen LogP contribution in [0.4, 0.5) is 11.4 Å². The highest BCUT2D eigenvalue weighted by atomic mass is 35.5. The van der Waals surface area contributed by atoms with Crippen molar-refractivity contribution in [1.82, 2.24) is 0 Å². The van der Waals surface area contributed by atoms with Gasteiger partial charge in [-0.3, -0.25) is 4.79 Å². The number of benzene rings is 2. The summed E-state index contributed by atoms with van der Waals surface area (Å²) in [5.74, 6) is 1.47. The molecule has 0 fully saturated rings. The Morgan fingerprint density at radius 2 is 1.76 bits per heavy atom. The largest absolute Gasteiger partial charge is 0.486 e. The molecule has 0 saturated heterocycles. The molecule has 5 nitrogen and oxygen atoms in total. The molecule has 0 saturated carbocycles. The number of ether oxygens (including phenoxy) is 2. The maximum Gasteiger partial charge on any atom is 0.243 e. The van der Waals surface area contributed by atoms with Crippen molar-refractivity contribution in [2.45, 2.75) is 19.8 Å². The van der Waals surface area contributed by atoms with E-state index in [0.717, 1.165) is 5.69 Å². The number of carbonyl (C=O) groups excluding carboxylic acids is 1. The molecule has 0 radical (unpaired) electrons. The Hall–Kier alpha value is -2.40. The van der Waals surface area contributed by atoms with Crippen molar-refractivity contribution in [1.29, 1.82) is 0 Å². The second-order valence-electron chi connectivity index (χ2n) is 6.15. The maximum atomic E-state index is 12.2. The smallest absolute Gasteiger partial charge is 0.243 e. The zero-order valence-corrected chi connectivity index (χ0v) is 15.0. The molecule has 1 heterocycles. The molecule has 2 N–H and O–H groups in total. The van der Waals surface area contributed by atoms with E-state index in [1.807, 2.05) is 12.1 Å². The molecule has 3 rings (SSSR count). The fourth-order valence-electron chi connectivity index (χ4n) is 2.52. The fraction of sp³-hybridized carbons (Fsp3) is 0.316. The van der Waals surface area contributed by atoms with Gasteiger partial charge in [0.1, 0.15) is 13.2 Å². The topological polar surface area (TPSA) is 59.6 Å². The minimum atomic E-state index is -0.188. The molecule has 6 heteroatoms. The third kappa shape index (κ3) is 4.37. The molecule has 0 aliphatic carbocycles. The monoisotopic (exact) mass is 360 g/mol. The standard InChI is InChI=1S/C19H21ClN2O3/c1-12(2)13-3-5-14(6-4-13)21-11-19(23)22-16-10-18-17(9-15(16)20)24-7-8-25-18/h3-6,9-10,12,21H,7-8,11H2,1-2H3,(H,22,23). The number of anilines is 2. The van der Waals surface area contributed by atoms with E-state index in [2.05, 4.69) is 36.6 Å². The molecule has 2 aromatic rings. The van der Waals surface area contributed by atoms with E-state index in [4.69, 9.17) is 21.1 Å². The van der Waals surface area contributed by atoms with Crippen molar-refractivity contribution in [3.8, 4) is 11.5 Å². The van der Waals surface area contributed by atoms with Gasteiger partial charge < -0.3 is 20.1 Å². The minimum Gasteiger partial charge on any atom is -0.486 e. The number of halogens is 1. The van der Waals surface area contributed by atoms with Gasteiger partial charge in [0.15, 0.2) is 11.5 Å². The molecule has 2 aromatic carbocycles. The molecule has 1 aliphatic rings. The van der Waals surface area contributed by atoms with E-state index < -0.39 is 0 Å². The number of nitrogens with one attached hydrogen (secondary N) is 2. The van der Waals surface area contributed by atoms with Crippen LogP contribution in [0.2, 0.25) is 5.02 Å². The summed E-state index contributed by atoms with van der Waals surface area (Å²) in [6.45, 7) is 5.41. The quantitative estimate of drug-likeness (QED) is 0.835. The van der Waals surface area contributed by atoms with Crippen LogP contribution in [0, 0.1) is 0 Å². The first-order valence-corrected chi connectivity index (χ1v) is 8.63. The summed E-state index contributed by atoms with van der Waals surface area (Å²) in [6, 6.07) is 11.4. The first kappa shape index (κ1) is 17.4. The second-order valence-corrected chi connectivity index (χ2v) is 6.56. The summed E-state index contributed by atoms with van der Waals surface area (Å²) in [4.78, 5) is 12.2. The Labute approximate surface area is 152 Å². The Morgan fingerprint density at radius 1 is 1.12 bits per heavy atom. The van der Waals surface area contributed by atoms with Crippen molar-refractivity contribution in [3.05, 3.63) is 47.0 Å². The second kappa shape index (κ2) is 7.66. The summed E-state index contributed by atoms with van der Waals surface area (Å²) in [5, 5.41) is 6.31. The summed E-state index contributed by atoms with van der Waals surface area (Å²) < 4.78 is 11.0. The molecular weight excluding hydrogens is 340 g/mol. The van der Waals surface area contributed by atoms with Crippen molar-refractivity contribution in [3.63, 3.8) is 0 Å².